The van der Waals surface area contributed by atoms with Crippen molar-refractivity contribution in [3.8, 4) is 0 Å². The molecule has 0 unspecified atom stereocenters. The third-order valence-corrected chi connectivity index (χ3v) is 9.11. The van der Waals surface area contributed by atoms with E-state index in [2.05, 4.69) is 9.97 Å². The van der Waals surface area contributed by atoms with Gasteiger partial charge in [0, 0.05) is 44.1 Å². The van der Waals surface area contributed by atoms with Crippen LogP contribution in [0, 0.1) is 19.7 Å². The number of hydrogen-bond acceptors (Lipinski definition) is 13. The fraction of sp³-hybridized carbons (Fsp3) is 0.400. The summed E-state index contributed by atoms with van der Waals surface area (Å²) in [6.45, 7) is 17.1. The molecule has 4 aromatic rings. The molecule has 16 heteroatoms. The second kappa shape index (κ2) is 19.8. The molecule has 61 heavy (non-hydrogen) atoms. The van der Waals surface area contributed by atoms with Crippen LogP contribution in [0.1, 0.15) is 91.4 Å². The number of aromatic nitrogens is 2. The summed E-state index contributed by atoms with van der Waals surface area (Å²) in [4.78, 5) is 75.2. The maximum absolute atomic E-state index is 13.2. The number of rotatable bonds is 10. The number of amides is 1. The van der Waals surface area contributed by atoms with E-state index in [0.29, 0.717) is 37.7 Å². The number of esters is 4. The van der Waals surface area contributed by atoms with Gasteiger partial charge in [0.25, 0.3) is 0 Å². The minimum atomic E-state index is -1.91. The Morgan fingerprint density at radius 2 is 1.03 bits per heavy atom. The van der Waals surface area contributed by atoms with E-state index in [0.717, 1.165) is 16.7 Å². The summed E-state index contributed by atoms with van der Waals surface area (Å²) < 4.78 is 34.8. The van der Waals surface area contributed by atoms with Crippen molar-refractivity contribution < 1.29 is 52.4 Å². The Bertz CT molecular complexity index is 2050. The normalized spacial score (nSPS) is 14.9. The van der Waals surface area contributed by atoms with Gasteiger partial charge in [-0.05, 0) is 104 Å². The lowest BCUT2D eigenvalue weighted by Gasteiger charge is -2.33. The van der Waals surface area contributed by atoms with Crippen LogP contribution < -0.4 is 10.6 Å². The topological polar surface area (TPSA) is 201 Å². The third-order valence-electron chi connectivity index (χ3n) is 9.11. The molecule has 15 nitrogen and oxygen atoms in total. The van der Waals surface area contributed by atoms with Crippen molar-refractivity contribution >= 4 is 35.9 Å². The van der Waals surface area contributed by atoms with E-state index in [1.165, 1.54) is 41.3 Å². The monoisotopic (exact) mass is 843 g/mol. The van der Waals surface area contributed by atoms with Gasteiger partial charge in [-0.3, -0.25) is 0 Å². The predicted molar refractivity (Wildman–Crippen MR) is 223 cm³/mol. The first-order valence-corrected chi connectivity index (χ1v) is 19.5. The van der Waals surface area contributed by atoms with Crippen LogP contribution in [-0.4, -0.2) is 99.5 Å². The molecule has 0 bridgehead atoms. The van der Waals surface area contributed by atoms with Crippen molar-refractivity contribution in [3.63, 3.8) is 0 Å². The lowest BCUT2D eigenvalue weighted by atomic mass is 9.87. The van der Waals surface area contributed by atoms with Gasteiger partial charge in [-0.25, -0.2) is 38.3 Å². The van der Waals surface area contributed by atoms with E-state index in [9.17, 15) is 28.4 Å². The zero-order valence-corrected chi connectivity index (χ0v) is 35.9. The van der Waals surface area contributed by atoms with Crippen LogP contribution in [0.3, 0.4) is 0 Å². The summed E-state index contributed by atoms with van der Waals surface area (Å²) in [7, 11) is 0. The van der Waals surface area contributed by atoms with Gasteiger partial charge in [0.2, 0.25) is 18.2 Å². The molecule has 1 amide bonds. The zero-order valence-electron chi connectivity index (χ0n) is 35.9. The molecule has 326 valence electrons. The predicted octanol–water partition coefficient (Wildman–Crippen LogP) is 6.38. The van der Waals surface area contributed by atoms with Gasteiger partial charge in [0.1, 0.15) is 17.0 Å². The number of hydrogen-bond donors (Lipinski definition) is 2. The Hall–Kier alpha value is -6.42. The van der Waals surface area contributed by atoms with Gasteiger partial charge >= 0.3 is 30.0 Å². The molecule has 1 fully saturated rings. The lowest BCUT2D eigenvalue weighted by molar-refractivity contribution is -0.185. The molecule has 3 aromatic carbocycles. The molecule has 1 saturated heterocycles. The Morgan fingerprint density at radius 1 is 0.639 bits per heavy atom. The lowest BCUT2D eigenvalue weighted by Crippen LogP contribution is -2.50. The zero-order chi connectivity index (χ0) is 45.3. The molecule has 3 atom stereocenters. The average molecular weight is 844 g/mol. The van der Waals surface area contributed by atoms with Crippen molar-refractivity contribution in [3.05, 3.63) is 124 Å². The van der Waals surface area contributed by atoms with Crippen LogP contribution in [0.2, 0.25) is 0 Å². The van der Waals surface area contributed by atoms with E-state index in [4.69, 9.17) is 29.8 Å². The number of nitrogens with two attached hydrogens (primary N) is 1. The molecule has 1 aromatic heterocycles. The maximum Gasteiger partial charge on any atom is 0.407 e. The van der Waals surface area contributed by atoms with Gasteiger partial charge in [0.15, 0.2) is 0 Å². The summed E-state index contributed by atoms with van der Waals surface area (Å²) in [6.07, 6.45) is -1.41. The molecule has 0 radical (unpaired) electrons. The van der Waals surface area contributed by atoms with Crippen LogP contribution >= 0.6 is 0 Å². The SMILES string of the molecule is C[C@](N)(c1ccc(F)cc1)c1cnc(N2CCN(C(=O)O)CC2)nc1.Cc1ccc(C(=O)O[C@H](C(=O)OC(C)(C)C)[C@H](OC(=O)c2ccc(C)cc2)C(=O)OC(C)(C)C)cc1. The highest BCUT2D eigenvalue weighted by molar-refractivity contribution is 5.96. The maximum atomic E-state index is 13.2. The minimum Gasteiger partial charge on any atom is -0.465 e. The molecule has 3 N–H and O–H groups in total. The highest BCUT2D eigenvalue weighted by Crippen LogP contribution is 2.27. The minimum absolute atomic E-state index is 0.141. The Balaban J connectivity index is 0.000000285. The number of carbonyl (C=O) groups is 5. The molecule has 2 heterocycles. The summed E-state index contributed by atoms with van der Waals surface area (Å²) in [5.74, 6) is -3.68. The summed E-state index contributed by atoms with van der Waals surface area (Å²) >= 11 is 0. The quantitative estimate of drug-likeness (QED) is 0.132. The van der Waals surface area contributed by atoms with Crippen LogP contribution in [-0.2, 0) is 34.1 Å². The van der Waals surface area contributed by atoms with E-state index in [-0.39, 0.29) is 16.9 Å². The third kappa shape index (κ3) is 13.8. The van der Waals surface area contributed by atoms with E-state index >= 15 is 0 Å². The van der Waals surface area contributed by atoms with Gasteiger partial charge < -0.3 is 39.6 Å². The number of benzene rings is 3. The van der Waals surface area contributed by atoms with Crippen LogP contribution in [0.15, 0.2) is 85.2 Å². The first kappa shape index (κ1) is 47.3. The summed E-state index contributed by atoms with van der Waals surface area (Å²) in [5.41, 5.74) is 7.18. The van der Waals surface area contributed by atoms with Crippen LogP contribution in [0.4, 0.5) is 15.1 Å². The molecular weight excluding hydrogens is 790 g/mol. The van der Waals surface area contributed by atoms with Crippen molar-refractivity contribution in [1.29, 1.82) is 0 Å². The van der Waals surface area contributed by atoms with E-state index in [1.54, 1.807) is 90.3 Å². The summed E-state index contributed by atoms with van der Waals surface area (Å²) in [6, 6.07) is 18.9. The number of piperazine rings is 1. The van der Waals surface area contributed by atoms with Gasteiger partial charge in [-0.2, -0.15) is 0 Å². The fourth-order valence-electron chi connectivity index (χ4n) is 5.75. The number of ether oxygens (including phenoxy) is 4. The Labute approximate surface area is 355 Å². The average Bonchev–Trinajstić information content (AvgIpc) is 3.18. The fourth-order valence-corrected chi connectivity index (χ4v) is 5.75. The highest BCUT2D eigenvalue weighted by Gasteiger charge is 2.45. The van der Waals surface area contributed by atoms with Crippen molar-refractivity contribution in [1.82, 2.24) is 14.9 Å². The molecule has 0 spiro atoms. The first-order chi connectivity index (χ1) is 28.4. The van der Waals surface area contributed by atoms with Gasteiger partial charge in [-0.15, -0.1) is 0 Å². The molecule has 5 rings (SSSR count). The molecule has 0 aliphatic carbocycles. The van der Waals surface area contributed by atoms with Crippen molar-refractivity contribution in [2.75, 3.05) is 31.1 Å². The number of carboxylic acid groups (broad SMARTS) is 1. The molecular formula is C45H54FN5O10. The number of nitrogens with zero attached hydrogens (tertiary/aromatic N) is 4. The Morgan fingerprint density at radius 3 is 1.39 bits per heavy atom. The van der Waals surface area contributed by atoms with Crippen molar-refractivity contribution in [2.45, 2.75) is 91.3 Å². The summed E-state index contributed by atoms with van der Waals surface area (Å²) in [5, 5.41) is 8.99. The van der Waals surface area contributed by atoms with Gasteiger partial charge in [0.05, 0.1) is 16.7 Å². The number of anilines is 1. The standard InChI is InChI=1S/C28H34O8.C17H20FN5O2/c1-17-9-13-19(14-10-17)23(29)33-21(25(31)35-27(3,4)5)22(26(32)36-28(6,7)8)34-24(30)20-15-11-18(2)12-16-20;1-17(19,12-2-4-14(18)5-3-12)13-10-20-15(21-11-13)22-6-8-23(9-7-22)16(24)25/h9-16,21-22H,1-8H3;2-5,10-11H,6-9,19H2,1H3,(H,24,25)/t21-,22-;17-/m00/s1. The second-order valence-electron chi connectivity index (χ2n) is 16.7. The number of aryl methyl sites for hydroxylation is 2. The van der Waals surface area contributed by atoms with Crippen LogP contribution in [0.5, 0.6) is 0 Å². The van der Waals surface area contributed by atoms with Crippen molar-refractivity contribution in [2.24, 2.45) is 5.73 Å². The van der Waals surface area contributed by atoms with Crippen LogP contribution in [0.25, 0.3) is 0 Å². The van der Waals surface area contributed by atoms with Gasteiger partial charge in [-0.1, -0.05) is 47.5 Å². The second-order valence-corrected chi connectivity index (χ2v) is 16.7. The number of carbonyl (C=O) groups excluding carboxylic acids is 4. The first-order valence-electron chi connectivity index (χ1n) is 19.5. The smallest absolute Gasteiger partial charge is 0.407 e. The molecule has 1 aliphatic rings. The largest absolute Gasteiger partial charge is 0.465 e. The van der Waals surface area contributed by atoms with E-state index < -0.39 is 58.9 Å². The van der Waals surface area contributed by atoms with E-state index in [1.807, 2.05) is 25.7 Å². The molecule has 1 aliphatic heterocycles. The molecule has 0 saturated carbocycles. The Kier molecular flexibility index (Phi) is 15.3. The highest BCUT2D eigenvalue weighted by atomic mass is 19.1. The number of halogens is 1.